The summed E-state index contributed by atoms with van der Waals surface area (Å²) in [5, 5.41) is 4.67. The van der Waals surface area contributed by atoms with Crippen LogP contribution in [0.3, 0.4) is 0 Å². The summed E-state index contributed by atoms with van der Waals surface area (Å²) in [5.74, 6) is -2.96. The number of hydrogen-bond acceptors (Lipinski definition) is 3. The van der Waals surface area contributed by atoms with E-state index in [1.807, 2.05) is 86.0 Å². The molecule has 33 heavy (non-hydrogen) atoms. The Kier molecular flexibility index (Phi) is 7.59. The third-order valence-corrected chi connectivity index (χ3v) is 6.18. The molecule has 0 saturated heterocycles. The number of pyridine rings is 1. The third-order valence-electron chi connectivity index (χ3n) is 6.18. The summed E-state index contributed by atoms with van der Waals surface area (Å²) in [7, 11) is 9.73. The largest absolute Gasteiger partial charge is 0.377 e. The van der Waals surface area contributed by atoms with Gasteiger partial charge in [0.25, 0.3) is 5.92 Å². The summed E-state index contributed by atoms with van der Waals surface area (Å²) in [5.41, 5.74) is 12.0. The highest BCUT2D eigenvalue weighted by molar-refractivity contribution is 5.97. The number of nitrogens with zero attached hydrogens (tertiary/aromatic N) is 6. The van der Waals surface area contributed by atoms with Gasteiger partial charge < -0.3 is 9.80 Å². The minimum Gasteiger partial charge on any atom is -0.377 e. The van der Waals surface area contributed by atoms with Gasteiger partial charge in [-0.3, -0.25) is 0 Å². The Labute approximate surface area is 194 Å². The van der Waals surface area contributed by atoms with Crippen molar-refractivity contribution in [3.8, 4) is 0 Å². The zero-order valence-electron chi connectivity index (χ0n) is 20.1. The standard InChI is InChI=1S/C25H33F2N6/c1-31(2)18-10-12-20-22(16-18)33(5)23-17-19(32(3)4)11-13-21(23)24(20)25(26,27)14-8-6-7-9-15-29-30-28/h10-13,16-17H,6-9,14-15H2,1-5H3/q+1. The molecule has 0 atom stereocenters. The van der Waals surface area contributed by atoms with Crippen LogP contribution in [0.25, 0.3) is 32.2 Å². The van der Waals surface area contributed by atoms with E-state index in [9.17, 15) is 0 Å². The number of aromatic nitrogens is 1. The summed E-state index contributed by atoms with van der Waals surface area (Å²) in [6, 6.07) is 11.4. The predicted molar refractivity (Wildman–Crippen MR) is 132 cm³/mol. The molecule has 0 saturated carbocycles. The molecule has 3 rings (SSSR count). The van der Waals surface area contributed by atoms with E-state index in [1.54, 1.807) is 0 Å². The number of benzene rings is 2. The molecule has 0 fully saturated rings. The fraction of sp³-hybridized carbons (Fsp3) is 0.480. The number of halogens is 2. The number of rotatable bonds is 10. The van der Waals surface area contributed by atoms with Gasteiger partial charge >= 0.3 is 0 Å². The molecule has 0 aliphatic heterocycles. The minimum atomic E-state index is -2.96. The molecule has 2 aromatic carbocycles. The first-order valence-electron chi connectivity index (χ1n) is 11.3. The summed E-state index contributed by atoms with van der Waals surface area (Å²) in [6.45, 7) is 0.416. The summed E-state index contributed by atoms with van der Waals surface area (Å²) < 4.78 is 33.6. The minimum absolute atomic E-state index is 0.107. The molecule has 0 aliphatic carbocycles. The molecule has 0 aliphatic rings. The Bertz CT molecular complexity index is 1110. The Morgan fingerprint density at radius 1 is 0.879 bits per heavy atom. The van der Waals surface area contributed by atoms with Crippen molar-refractivity contribution in [3.05, 3.63) is 52.4 Å². The molecule has 6 nitrogen and oxygen atoms in total. The summed E-state index contributed by atoms with van der Waals surface area (Å²) in [4.78, 5) is 6.69. The van der Waals surface area contributed by atoms with Crippen molar-refractivity contribution < 1.29 is 13.3 Å². The van der Waals surface area contributed by atoms with Gasteiger partial charge in [0.2, 0.25) is 11.0 Å². The molecule has 0 unspecified atom stereocenters. The van der Waals surface area contributed by atoms with Crippen LogP contribution in [-0.2, 0) is 13.0 Å². The Hall–Kier alpha value is -3.12. The van der Waals surface area contributed by atoms with Crippen LogP contribution >= 0.6 is 0 Å². The maximum Gasteiger partial charge on any atom is 0.274 e. The van der Waals surface area contributed by atoms with Crippen LogP contribution < -0.4 is 14.4 Å². The van der Waals surface area contributed by atoms with Crippen LogP contribution in [0.1, 0.15) is 37.7 Å². The molecule has 3 aromatic rings. The number of azide groups is 1. The molecule has 1 aromatic heterocycles. The van der Waals surface area contributed by atoms with Crippen molar-refractivity contribution in [2.24, 2.45) is 12.2 Å². The van der Waals surface area contributed by atoms with E-state index in [0.717, 1.165) is 35.2 Å². The van der Waals surface area contributed by atoms with Crippen LogP contribution in [-0.4, -0.2) is 34.7 Å². The number of hydrogen-bond donors (Lipinski definition) is 0. The zero-order chi connectivity index (χ0) is 24.2. The monoisotopic (exact) mass is 455 g/mol. The maximum atomic E-state index is 15.8. The van der Waals surface area contributed by atoms with Crippen molar-refractivity contribution in [3.63, 3.8) is 0 Å². The molecule has 0 amide bonds. The Morgan fingerprint density at radius 2 is 1.39 bits per heavy atom. The molecular weight excluding hydrogens is 422 g/mol. The average Bonchev–Trinajstić information content (AvgIpc) is 2.78. The molecule has 176 valence electrons. The van der Waals surface area contributed by atoms with Gasteiger partial charge in [-0.05, 0) is 42.6 Å². The van der Waals surface area contributed by atoms with Crippen molar-refractivity contribution in [2.75, 3.05) is 44.5 Å². The second-order valence-electron chi connectivity index (χ2n) is 8.95. The van der Waals surface area contributed by atoms with Crippen LogP contribution in [0.15, 0.2) is 41.5 Å². The topological polar surface area (TPSA) is 59.1 Å². The molecule has 0 radical (unpaired) electrons. The lowest BCUT2D eigenvalue weighted by Crippen LogP contribution is -2.32. The highest BCUT2D eigenvalue weighted by Gasteiger charge is 2.37. The van der Waals surface area contributed by atoms with E-state index in [0.29, 0.717) is 30.2 Å². The molecule has 1 heterocycles. The van der Waals surface area contributed by atoms with Gasteiger partial charge in [0.1, 0.15) is 7.05 Å². The predicted octanol–water partition coefficient (Wildman–Crippen LogP) is 6.30. The van der Waals surface area contributed by atoms with Crippen molar-refractivity contribution >= 4 is 33.2 Å². The van der Waals surface area contributed by atoms with E-state index in [4.69, 9.17) is 5.53 Å². The second kappa shape index (κ2) is 10.2. The van der Waals surface area contributed by atoms with E-state index in [2.05, 4.69) is 10.0 Å². The van der Waals surface area contributed by atoms with E-state index < -0.39 is 5.92 Å². The molecule has 0 bridgehead atoms. The summed E-state index contributed by atoms with van der Waals surface area (Å²) in [6.07, 6.45) is 2.39. The van der Waals surface area contributed by atoms with Gasteiger partial charge in [-0.2, -0.15) is 4.57 Å². The highest BCUT2D eigenvalue weighted by atomic mass is 19.3. The quantitative estimate of drug-likeness (QED) is 0.0899. The Balaban J connectivity index is 2.09. The van der Waals surface area contributed by atoms with E-state index in [-0.39, 0.29) is 12.0 Å². The number of alkyl halides is 2. The summed E-state index contributed by atoms with van der Waals surface area (Å²) >= 11 is 0. The van der Waals surface area contributed by atoms with Gasteiger partial charge in [-0.25, -0.2) is 8.78 Å². The third kappa shape index (κ3) is 5.28. The molecular formula is C25H33F2N6+. The molecule has 8 heteroatoms. The van der Waals surface area contributed by atoms with Gasteiger partial charge in [0.05, 0.1) is 10.8 Å². The average molecular weight is 456 g/mol. The number of fused-ring (bicyclic) bond motifs is 2. The smallest absolute Gasteiger partial charge is 0.274 e. The van der Waals surface area contributed by atoms with Crippen molar-refractivity contribution in [1.82, 2.24) is 0 Å². The lowest BCUT2D eigenvalue weighted by molar-refractivity contribution is -0.617. The maximum absolute atomic E-state index is 15.8. The number of unbranched alkanes of at least 4 members (excludes halogenated alkanes) is 3. The van der Waals surface area contributed by atoms with Crippen molar-refractivity contribution in [2.45, 2.75) is 38.0 Å². The van der Waals surface area contributed by atoms with Crippen molar-refractivity contribution in [1.29, 1.82) is 0 Å². The first-order valence-corrected chi connectivity index (χ1v) is 11.3. The zero-order valence-corrected chi connectivity index (χ0v) is 20.1. The van der Waals surface area contributed by atoms with Gasteiger partial charge in [-0.15, -0.1) is 0 Å². The first kappa shape index (κ1) is 24.5. The lowest BCUT2D eigenvalue weighted by Gasteiger charge is -2.22. The molecule has 0 N–H and O–H groups in total. The number of anilines is 2. The first-order chi connectivity index (χ1) is 15.7. The van der Waals surface area contributed by atoms with E-state index >= 15 is 8.78 Å². The lowest BCUT2D eigenvalue weighted by atomic mass is 9.93. The second-order valence-corrected chi connectivity index (χ2v) is 8.95. The van der Waals surface area contributed by atoms with E-state index in [1.165, 1.54) is 0 Å². The van der Waals surface area contributed by atoms with Gasteiger partial charge in [-0.1, -0.05) is 18.0 Å². The van der Waals surface area contributed by atoms with Crippen LogP contribution in [0.2, 0.25) is 0 Å². The Morgan fingerprint density at radius 3 is 1.88 bits per heavy atom. The van der Waals surface area contributed by atoms with Gasteiger partial charge in [0, 0.05) is 75.1 Å². The fourth-order valence-corrected chi connectivity index (χ4v) is 4.30. The van der Waals surface area contributed by atoms with Crippen LogP contribution in [0.5, 0.6) is 0 Å². The SMILES string of the molecule is CN(C)c1ccc2c(C(F)(F)CCCCCCN=[N+]=[N-])c3ccc(N(C)C)cc3[n+](C)c2c1. The van der Waals surface area contributed by atoms with Gasteiger partial charge in [0.15, 0.2) is 0 Å². The van der Waals surface area contributed by atoms with Crippen LogP contribution in [0, 0.1) is 0 Å². The highest BCUT2D eigenvalue weighted by Crippen LogP contribution is 2.42. The normalized spacial score (nSPS) is 11.6. The number of aryl methyl sites for hydroxylation is 1. The van der Waals surface area contributed by atoms with Crippen LogP contribution in [0.4, 0.5) is 20.2 Å². The fourth-order valence-electron chi connectivity index (χ4n) is 4.30. The molecule has 0 spiro atoms.